The zero-order valence-electron chi connectivity index (χ0n) is 15.1. The normalized spacial score (nSPS) is 24.4. The van der Waals surface area contributed by atoms with Crippen molar-refractivity contribution in [1.29, 1.82) is 0 Å². The summed E-state index contributed by atoms with van der Waals surface area (Å²) in [5, 5.41) is 9.72. The molecule has 6 heteroatoms. The highest BCUT2D eigenvalue weighted by atomic mass is 19.1. The summed E-state index contributed by atoms with van der Waals surface area (Å²) < 4.78 is 13.1. The van der Waals surface area contributed by atoms with Gasteiger partial charge in [0.25, 0.3) is 0 Å². The van der Waals surface area contributed by atoms with Crippen molar-refractivity contribution in [2.75, 3.05) is 44.2 Å². The quantitative estimate of drug-likeness (QED) is 0.896. The van der Waals surface area contributed by atoms with Gasteiger partial charge in [-0.2, -0.15) is 0 Å². The lowest BCUT2D eigenvalue weighted by Gasteiger charge is -2.39. The van der Waals surface area contributed by atoms with Crippen LogP contribution in [0.3, 0.4) is 0 Å². The molecule has 2 fully saturated rings. The molecule has 0 aliphatic carbocycles. The highest BCUT2D eigenvalue weighted by molar-refractivity contribution is 5.81. The molecule has 25 heavy (non-hydrogen) atoms. The first-order valence-corrected chi connectivity index (χ1v) is 9.17. The highest BCUT2D eigenvalue weighted by Crippen LogP contribution is 2.22. The predicted octanol–water partition coefficient (Wildman–Crippen LogP) is 1.57. The van der Waals surface area contributed by atoms with Gasteiger partial charge in [0.05, 0.1) is 12.1 Å². The molecule has 1 aromatic rings. The molecule has 3 unspecified atom stereocenters. The van der Waals surface area contributed by atoms with E-state index >= 15 is 0 Å². The van der Waals surface area contributed by atoms with E-state index in [9.17, 15) is 14.3 Å². The third-order valence-corrected chi connectivity index (χ3v) is 5.63. The van der Waals surface area contributed by atoms with E-state index in [1.807, 2.05) is 11.8 Å². The van der Waals surface area contributed by atoms with E-state index in [0.717, 1.165) is 44.8 Å². The molecule has 0 saturated carbocycles. The summed E-state index contributed by atoms with van der Waals surface area (Å²) in [6, 6.07) is 6.45. The van der Waals surface area contributed by atoms with Crippen LogP contribution in [0.5, 0.6) is 0 Å². The number of carbonyl (C=O) groups is 1. The Morgan fingerprint density at radius 2 is 1.76 bits per heavy atom. The second-order valence-electron chi connectivity index (χ2n) is 7.25. The van der Waals surface area contributed by atoms with Crippen molar-refractivity contribution < 1.29 is 14.3 Å². The number of nitrogens with zero attached hydrogens (tertiary/aromatic N) is 3. The van der Waals surface area contributed by atoms with Gasteiger partial charge in [-0.05, 0) is 44.5 Å². The number of hydrogen-bond acceptors (Lipinski definition) is 4. The number of hydrogen-bond donors (Lipinski definition) is 1. The zero-order valence-corrected chi connectivity index (χ0v) is 15.1. The Balaban J connectivity index is 1.52. The molecule has 0 spiro atoms. The molecule has 2 aliphatic heterocycles. The fourth-order valence-corrected chi connectivity index (χ4v) is 3.82. The van der Waals surface area contributed by atoms with Crippen LogP contribution in [0.15, 0.2) is 24.3 Å². The van der Waals surface area contributed by atoms with Gasteiger partial charge in [-0.15, -0.1) is 0 Å². The van der Waals surface area contributed by atoms with Gasteiger partial charge in [0.1, 0.15) is 5.82 Å². The largest absolute Gasteiger partial charge is 0.393 e. The second-order valence-corrected chi connectivity index (χ2v) is 7.25. The SMILES string of the molecule is CC(O)C1CCN(C(=O)C(C)N2CCN(c3ccc(F)cc3)CC2)C1. The number of amides is 1. The molecule has 2 aliphatic rings. The first kappa shape index (κ1) is 18.1. The van der Waals surface area contributed by atoms with E-state index in [1.165, 1.54) is 12.1 Å². The van der Waals surface area contributed by atoms with E-state index in [-0.39, 0.29) is 29.8 Å². The minimum Gasteiger partial charge on any atom is -0.393 e. The molecule has 3 rings (SSSR count). The smallest absolute Gasteiger partial charge is 0.239 e. The number of rotatable bonds is 4. The van der Waals surface area contributed by atoms with Crippen molar-refractivity contribution in [3.05, 3.63) is 30.1 Å². The molecule has 138 valence electrons. The fourth-order valence-electron chi connectivity index (χ4n) is 3.82. The molecule has 2 saturated heterocycles. The number of carbonyl (C=O) groups excluding carboxylic acids is 1. The number of benzene rings is 1. The summed E-state index contributed by atoms with van der Waals surface area (Å²) >= 11 is 0. The van der Waals surface area contributed by atoms with Crippen molar-refractivity contribution >= 4 is 11.6 Å². The summed E-state index contributed by atoms with van der Waals surface area (Å²) in [5.41, 5.74) is 1.03. The van der Waals surface area contributed by atoms with Gasteiger partial charge < -0.3 is 14.9 Å². The Bertz CT molecular complexity index is 585. The molecule has 2 heterocycles. The molecule has 1 N–H and O–H groups in total. The lowest BCUT2D eigenvalue weighted by molar-refractivity contribution is -0.135. The van der Waals surface area contributed by atoms with Crippen molar-refractivity contribution in [2.45, 2.75) is 32.4 Å². The summed E-state index contributed by atoms with van der Waals surface area (Å²) in [5.74, 6) is 0.146. The van der Waals surface area contributed by atoms with Gasteiger partial charge in [-0.25, -0.2) is 4.39 Å². The molecular weight excluding hydrogens is 321 g/mol. The van der Waals surface area contributed by atoms with Crippen molar-refractivity contribution in [3.63, 3.8) is 0 Å². The maximum absolute atomic E-state index is 13.1. The van der Waals surface area contributed by atoms with Crippen LogP contribution in [0.2, 0.25) is 0 Å². The monoisotopic (exact) mass is 349 g/mol. The van der Waals surface area contributed by atoms with Crippen LogP contribution in [-0.4, -0.2) is 72.2 Å². The zero-order chi connectivity index (χ0) is 18.0. The summed E-state index contributed by atoms with van der Waals surface area (Å²) in [6.07, 6.45) is 0.529. The first-order chi connectivity index (χ1) is 12.0. The third-order valence-electron chi connectivity index (χ3n) is 5.63. The van der Waals surface area contributed by atoms with E-state index in [0.29, 0.717) is 6.54 Å². The standard InChI is InChI=1S/C19H28FN3O2/c1-14(19(25)23-8-7-16(13-23)15(2)24)21-9-11-22(12-10-21)18-5-3-17(20)4-6-18/h3-6,14-16,24H,7-13H2,1-2H3. The van der Waals surface area contributed by atoms with E-state index in [1.54, 1.807) is 19.1 Å². The first-order valence-electron chi connectivity index (χ1n) is 9.17. The van der Waals surface area contributed by atoms with Gasteiger partial charge in [0.15, 0.2) is 0 Å². The minimum absolute atomic E-state index is 0.136. The summed E-state index contributed by atoms with van der Waals surface area (Å²) in [4.78, 5) is 19.1. The molecule has 0 aromatic heterocycles. The average molecular weight is 349 g/mol. The number of anilines is 1. The fraction of sp³-hybridized carbons (Fsp3) is 0.632. The molecular formula is C19H28FN3O2. The summed E-state index contributed by atoms with van der Waals surface area (Å²) in [7, 11) is 0. The van der Waals surface area contributed by atoms with Crippen LogP contribution in [-0.2, 0) is 4.79 Å². The average Bonchev–Trinajstić information content (AvgIpc) is 3.12. The molecule has 1 amide bonds. The highest BCUT2D eigenvalue weighted by Gasteiger charge is 2.34. The molecule has 1 aromatic carbocycles. The van der Waals surface area contributed by atoms with E-state index < -0.39 is 0 Å². The van der Waals surface area contributed by atoms with Crippen LogP contribution in [0, 0.1) is 11.7 Å². The van der Waals surface area contributed by atoms with Gasteiger partial charge >= 0.3 is 0 Å². The number of aliphatic hydroxyl groups is 1. The Morgan fingerprint density at radius 3 is 2.32 bits per heavy atom. The van der Waals surface area contributed by atoms with Gasteiger partial charge in [-0.1, -0.05) is 0 Å². The lowest BCUT2D eigenvalue weighted by atomic mass is 10.0. The predicted molar refractivity (Wildman–Crippen MR) is 96.0 cm³/mol. The second kappa shape index (κ2) is 7.70. The Kier molecular flexibility index (Phi) is 5.59. The topological polar surface area (TPSA) is 47.0 Å². The Morgan fingerprint density at radius 1 is 1.12 bits per heavy atom. The van der Waals surface area contributed by atoms with Crippen LogP contribution in [0.25, 0.3) is 0 Å². The molecule has 0 bridgehead atoms. The molecule has 0 radical (unpaired) electrons. The van der Waals surface area contributed by atoms with E-state index in [2.05, 4.69) is 9.80 Å². The van der Waals surface area contributed by atoms with Gasteiger partial charge in [0.2, 0.25) is 5.91 Å². The number of aliphatic hydroxyl groups excluding tert-OH is 1. The van der Waals surface area contributed by atoms with Crippen molar-refractivity contribution in [3.8, 4) is 0 Å². The Hall–Kier alpha value is -1.66. The maximum Gasteiger partial charge on any atom is 0.239 e. The molecule has 5 nitrogen and oxygen atoms in total. The number of piperazine rings is 1. The van der Waals surface area contributed by atoms with E-state index in [4.69, 9.17) is 0 Å². The van der Waals surface area contributed by atoms with Crippen LogP contribution in [0.1, 0.15) is 20.3 Å². The van der Waals surface area contributed by atoms with Crippen LogP contribution in [0.4, 0.5) is 10.1 Å². The maximum atomic E-state index is 13.1. The number of halogens is 1. The van der Waals surface area contributed by atoms with Gasteiger partial charge in [0, 0.05) is 50.9 Å². The minimum atomic E-state index is -0.354. The van der Waals surface area contributed by atoms with Crippen molar-refractivity contribution in [2.24, 2.45) is 5.92 Å². The third kappa shape index (κ3) is 4.12. The lowest BCUT2D eigenvalue weighted by Crippen LogP contribution is -2.54. The van der Waals surface area contributed by atoms with Gasteiger partial charge in [-0.3, -0.25) is 9.69 Å². The molecule has 3 atom stereocenters. The van der Waals surface area contributed by atoms with Crippen molar-refractivity contribution in [1.82, 2.24) is 9.80 Å². The number of likely N-dealkylation sites (tertiary alicyclic amines) is 1. The van der Waals surface area contributed by atoms with Crippen LogP contribution >= 0.6 is 0 Å². The Labute approximate surface area is 149 Å². The summed E-state index contributed by atoms with van der Waals surface area (Å²) in [6.45, 7) is 8.49. The van der Waals surface area contributed by atoms with Crippen LogP contribution < -0.4 is 4.90 Å².